The van der Waals surface area contributed by atoms with Gasteiger partial charge >= 0.3 is 0 Å². The highest BCUT2D eigenvalue weighted by molar-refractivity contribution is 5.94. The molecule has 1 amide bonds. The van der Waals surface area contributed by atoms with Crippen molar-refractivity contribution < 1.29 is 4.79 Å². The van der Waals surface area contributed by atoms with Gasteiger partial charge in [0.2, 0.25) is 0 Å². The molecule has 4 heteroatoms. The van der Waals surface area contributed by atoms with E-state index >= 15 is 0 Å². The Morgan fingerprint density at radius 1 is 1.25 bits per heavy atom. The van der Waals surface area contributed by atoms with E-state index < -0.39 is 0 Å². The van der Waals surface area contributed by atoms with Gasteiger partial charge in [-0.1, -0.05) is 30.4 Å². The summed E-state index contributed by atoms with van der Waals surface area (Å²) in [7, 11) is 5.39. The first-order chi connectivity index (χ1) is 9.61. The number of nitrogens with zero attached hydrogens (tertiary/aromatic N) is 1. The maximum Gasteiger partial charge on any atom is 0.253 e. The van der Waals surface area contributed by atoms with Gasteiger partial charge in [0.1, 0.15) is 0 Å². The molecule has 4 nitrogen and oxygen atoms in total. The van der Waals surface area contributed by atoms with Gasteiger partial charge in [0.25, 0.3) is 5.91 Å². The Morgan fingerprint density at radius 3 is 2.45 bits per heavy atom. The molecule has 106 valence electrons. The first-order valence-corrected chi connectivity index (χ1v) is 6.74. The lowest BCUT2D eigenvalue weighted by Gasteiger charge is -2.17. The number of carbonyl (C=O) groups excluding carboxylic acids is 1. The van der Waals surface area contributed by atoms with Crippen LogP contribution in [0.3, 0.4) is 0 Å². The van der Waals surface area contributed by atoms with Gasteiger partial charge in [-0.3, -0.25) is 15.6 Å². The Labute approximate surface area is 120 Å². The van der Waals surface area contributed by atoms with Crippen molar-refractivity contribution >= 4 is 11.5 Å². The van der Waals surface area contributed by atoms with Gasteiger partial charge in [0, 0.05) is 25.7 Å². The number of hydrogen-bond acceptors (Lipinski definition) is 3. The zero-order chi connectivity index (χ0) is 14.5. The molecule has 0 heterocycles. The quantitative estimate of drug-likeness (QED) is 0.821. The molecule has 0 spiro atoms. The van der Waals surface area contributed by atoms with Gasteiger partial charge in [-0.25, -0.2) is 0 Å². The van der Waals surface area contributed by atoms with Crippen molar-refractivity contribution in [3.05, 3.63) is 53.6 Å². The second-order valence-electron chi connectivity index (χ2n) is 5.03. The summed E-state index contributed by atoms with van der Waals surface area (Å²) in [6.07, 6.45) is 7.41. The average molecular weight is 271 g/mol. The Bertz CT molecular complexity index is 529. The van der Waals surface area contributed by atoms with Crippen LogP contribution >= 0.6 is 0 Å². The number of nitrogens with one attached hydrogen (secondary N) is 2. The van der Waals surface area contributed by atoms with E-state index in [0.717, 1.165) is 12.0 Å². The first-order valence-electron chi connectivity index (χ1n) is 6.74. The summed E-state index contributed by atoms with van der Waals surface area (Å²) in [6, 6.07) is 8.09. The number of allylic oxidation sites excluding steroid dienone is 2. The number of rotatable bonds is 4. The fraction of sp³-hybridized carbons (Fsp3) is 0.312. The van der Waals surface area contributed by atoms with E-state index in [9.17, 15) is 4.79 Å². The molecule has 1 atom stereocenters. The molecule has 0 aliphatic heterocycles. The lowest BCUT2D eigenvalue weighted by Crippen LogP contribution is -2.37. The summed E-state index contributed by atoms with van der Waals surface area (Å²) in [5.74, 6) is 0.0306. The third-order valence-electron chi connectivity index (χ3n) is 3.30. The van der Waals surface area contributed by atoms with Crippen LogP contribution in [0.15, 0.2) is 42.5 Å². The lowest BCUT2D eigenvalue weighted by atomic mass is 9.96. The molecule has 0 bridgehead atoms. The van der Waals surface area contributed by atoms with Crippen molar-refractivity contribution in [1.29, 1.82) is 0 Å². The molecule has 1 aliphatic carbocycles. The van der Waals surface area contributed by atoms with Crippen LogP contribution in [0.4, 0.5) is 0 Å². The van der Waals surface area contributed by atoms with Crippen molar-refractivity contribution in [3.8, 4) is 0 Å². The van der Waals surface area contributed by atoms with Crippen molar-refractivity contribution in [1.82, 2.24) is 15.8 Å². The zero-order valence-electron chi connectivity index (χ0n) is 12.2. The highest BCUT2D eigenvalue weighted by atomic mass is 16.2. The predicted molar refractivity (Wildman–Crippen MR) is 82.2 cm³/mol. The second kappa shape index (κ2) is 6.50. The maximum atomic E-state index is 11.8. The number of amides is 1. The third kappa shape index (κ3) is 3.35. The summed E-state index contributed by atoms with van der Waals surface area (Å²) < 4.78 is 0. The first kappa shape index (κ1) is 14.5. The number of hydrazine groups is 1. The molecule has 0 aromatic heterocycles. The smallest absolute Gasteiger partial charge is 0.253 e. The molecule has 1 aromatic rings. The molecule has 0 saturated heterocycles. The van der Waals surface area contributed by atoms with E-state index in [2.05, 4.69) is 29.1 Å². The monoisotopic (exact) mass is 271 g/mol. The minimum atomic E-state index is 0.0306. The van der Waals surface area contributed by atoms with Crippen molar-refractivity contribution in [2.75, 3.05) is 21.1 Å². The van der Waals surface area contributed by atoms with E-state index in [1.807, 2.05) is 31.3 Å². The van der Waals surface area contributed by atoms with E-state index in [0.29, 0.717) is 11.6 Å². The fourth-order valence-electron chi connectivity index (χ4n) is 2.19. The largest absolute Gasteiger partial charge is 0.345 e. The molecular weight excluding hydrogens is 250 g/mol. The van der Waals surface area contributed by atoms with Crippen LogP contribution in [0.2, 0.25) is 0 Å². The van der Waals surface area contributed by atoms with Gasteiger partial charge in [0.15, 0.2) is 0 Å². The van der Waals surface area contributed by atoms with Crippen LogP contribution in [-0.4, -0.2) is 38.0 Å². The van der Waals surface area contributed by atoms with Crippen molar-refractivity contribution in [2.45, 2.75) is 12.5 Å². The number of hydrogen-bond donors (Lipinski definition) is 2. The molecule has 1 aromatic carbocycles. The Balaban J connectivity index is 2.08. The minimum Gasteiger partial charge on any atom is -0.345 e. The van der Waals surface area contributed by atoms with Crippen LogP contribution in [0, 0.1) is 0 Å². The molecule has 0 radical (unpaired) electrons. The summed E-state index contributed by atoms with van der Waals surface area (Å²) in [5, 5.41) is 0. The van der Waals surface area contributed by atoms with E-state index in [4.69, 9.17) is 0 Å². The minimum absolute atomic E-state index is 0.0306. The molecule has 0 saturated carbocycles. The topological polar surface area (TPSA) is 44.4 Å². The van der Waals surface area contributed by atoms with E-state index in [1.165, 1.54) is 5.57 Å². The molecule has 2 N–H and O–H groups in total. The van der Waals surface area contributed by atoms with Crippen molar-refractivity contribution in [2.24, 2.45) is 0 Å². The number of benzene rings is 1. The summed E-state index contributed by atoms with van der Waals surface area (Å²) >= 11 is 0. The summed E-state index contributed by atoms with van der Waals surface area (Å²) in [4.78, 5) is 13.4. The van der Waals surface area contributed by atoms with Crippen LogP contribution in [-0.2, 0) is 0 Å². The molecule has 1 unspecified atom stereocenters. The van der Waals surface area contributed by atoms with Gasteiger partial charge in [0.05, 0.1) is 0 Å². The Kier molecular flexibility index (Phi) is 4.71. The average Bonchev–Trinajstić information content (AvgIpc) is 2.48. The van der Waals surface area contributed by atoms with Crippen LogP contribution in [0.1, 0.15) is 22.3 Å². The summed E-state index contributed by atoms with van der Waals surface area (Å²) in [6.45, 7) is 0. The molecule has 2 rings (SSSR count). The molecule has 0 fully saturated rings. The second-order valence-corrected chi connectivity index (χ2v) is 5.03. The standard InChI is InChI=1S/C16H21N3O/c1-17-18-15-10-8-13(9-11-15)12-4-6-14(7-5-12)16(20)19(2)3/h4-10,15,17-18H,11H2,1-3H3. The molecule has 1 aliphatic rings. The van der Waals surface area contributed by atoms with E-state index in [-0.39, 0.29) is 5.91 Å². The molecule has 20 heavy (non-hydrogen) atoms. The highest BCUT2D eigenvalue weighted by Crippen LogP contribution is 2.22. The molecular formula is C16H21N3O. The fourth-order valence-corrected chi connectivity index (χ4v) is 2.19. The Morgan fingerprint density at radius 2 is 1.95 bits per heavy atom. The van der Waals surface area contributed by atoms with Gasteiger partial charge in [-0.05, 0) is 36.7 Å². The predicted octanol–water partition coefficient (Wildman–Crippen LogP) is 1.82. The Hall–Kier alpha value is -1.91. The maximum absolute atomic E-state index is 11.8. The SMILES string of the molecule is CNNC1C=CC(c2ccc(C(=O)N(C)C)cc2)=CC1. The number of carbonyl (C=O) groups is 1. The van der Waals surface area contributed by atoms with Crippen LogP contribution < -0.4 is 10.9 Å². The normalized spacial score (nSPS) is 17.8. The van der Waals surface area contributed by atoms with Gasteiger partial charge in [-0.15, -0.1) is 0 Å². The van der Waals surface area contributed by atoms with Crippen molar-refractivity contribution in [3.63, 3.8) is 0 Å². The highest BCUT2D eigenvalue weighted by Gasteiger charge is 2.10. The zero-order valence-corrected chi connectivity index (χ0v) is 12.2. The third-order valence-corrected chi connectivity index (χ3v) is 3.30. The lowest BCUT2D eigenvalue weighted by molar-refractivity contribution is 0.0827. The van der Waals surface area contributed by atoms with E-state index in [1.54, 1.807) is 19.0 Å². The van der Waals surface area contributed by atoms with Crippen LogP contribution in [0.25, 0.3) is 5.57 Å². The van der Waals surface area contributed by atoms with Gasteiger partial charge < -0.3 is 4.90 Å². The van der Waals surface area contributed by atoms with Crippen LogP contribution in [0.5, 0.6) is 0 Å². The van der Waals surface area contributed by atoms with Gasteiger partial charge in [-0.2, -0.15) is 0 Å². The summed E-state index contributed by atoms with van der Waals surface area (Å²) in [5.41, 5.74) is 9.16.